The molecule has 2 rings (SSSR count). The van der Waals surface area contributed by atoms with Crippen molar-refractivity contribution in [2.45, 2.75) is 6.54 Å². The van der Waals surface area contributed by atoms with Gasteiger partial charge in [0.25, 0.3) is 5.91 Å². The Bertz CT molecular complexity index is 595. The van der Waals surface area contributed by atoms with E-state index in [0.717, 1.165) is 0 Å². The average molecular weight is 276 g/mol. The molecular formula is C13H12N2O5. The van der Waals surface area contributed by atoms with Gasteiger partial charge in [0, 0.05) is 6.20 Å². The second kappa shape index (κ2) is 6.37. The number of pyridine rings is 1. The van der Waals surface area contributed by atoms with E-state index in [4.69, 9.17) is 14.3 Å². The lowest BCUT2D eigenvalue weighted by Crippen LogP contribution is -2.28. The fourth-order valence-electron chi connectivity index (χ4n) is 1.46. The number of nitrogens with one attached hydrogen (secondary N) is 1. The molecule has 0 spiro atoms. The first kappa shape index (κ1) is 13.6. The number of carboxylic acid groups (broad SMARTS) is 1. The van der Waals surface area contributed by atoms with Gasteiger partial charge in [-0.2, -0.15) is 0 Å². The molecule has 1 amide bonds. The van der Waals surface area contributed by atoms with E-state index >= 15 is 0 Å². The summed E-state index contributed by atoms with van der Waals surface area (Å²) in [6.07, 6.45) is 2.85. The standard InChI is InChI=1S/C13H12N2O5/c16-11(15-7-9-3-2-6-19-9)8-20-10-4-1-5-14-12(10)13(17)18/h1-6H,7-8H2,(H,15,16)(H,17,18). The summed E-state index contributed by atoms with van der Waals surface area (Å²) in [7, 11) is 0. The van der Waals surface area contributed by atoms with Crippen LogP contribution in [0.1, 0.15) is 16.2 Å². The number of carbonyl (C=O) groups excluding carboxylic acids is 1. The van der Waals surface area contributed by atoms with Gasteiger partial charge in [0.1, 0.15) is 5.76 Å². The lowest BCUT2D eigenvalue weighted by atomic mass is 10.3. The van der Waals surface area contributed by atoms with Crippen molar-refractivity contribution in [1.29, 1.82) is 0 Å². The fraction of sp³-hybridized carbons (Fsp3) is 0.154. The van der Waals surface area contributed by atoms with E-state index in [1.165, 1.54) is 24.6 Å². The second-order valence-corrected chi connectivity index (χ2v) is 3.80. The molecule has 2 N–H and O–H groups in total. The van der Waals surface area contributed by atoms with E-state index in [-0.39, 0.29) is 30.5 Å². The predicted octanol–water partition coefficient (Wildman–Crippen LogP) is 1.07. The summed E-state index contributed by atoms with van der Waals surface area (Å²) in [5, 5.41) is 11.5. The van der Waals surface area contributed by atoms with Crippen LogP contribution in [-0.2, 0) is 11.3 Å². The molecule has 0 aliphatic heterocycles. The molecule has 20 heavy (non-hydrogen) atoms. The number of aromatic carboxylic acids is 1. The van der Waals surface area contributed by atoms with Crippen molar-refractivity contribution >= 4 is 11.9 Å². The van der Waals surface area contributed by atoms with Crippen molar-refractivity contribution in [3.8, 4) is 5.75 Å². The van der Waals surface area contributed by atoms with E-state index in [9.17, 15) is 9.59 Å². The Morgan fingerprint density at radius 2 is 2.20 bits per heavy atom. The predicted molar refractivity (Wildman–Crippen MR) is 67.2 cm³/mol. The molecule has 0 fully saturated rings. The number of nitrogens with zero attached hydrogens (tertiary/aromatic N) is 1. The number of carbonyl (C=O) groups is 2. The second-order valence-electron chi connectivity index (χ2n) is 3.80. The minimum Gasteiger partial charge on any atom is -0.481 e. The van der Waals surface area contributed by atoms with Gasteiger partial charge < -0.3 is 19.6 Å². The Morgan fingerprint density at radius 1 is 1.35 bits per heavy atom. The molecule has 7 nitrogen and oxygen atoms in total. The van der Waals surface area contributed by atoms with Crippen LogP contribution < -0.4 is 10.1 Å². The molecule has 0 aliphatic rings. The van der Waals surface area contributed by atoms with E-state index in [1.54, 1.807) is 12.1 Å². The Hall–Kier alpha value is -2.83. The minimum absolute atomic E-state index is 0.0492. The first-order chi connectivity index (χ1) is 9.66. The van der Waals surface area contributed by atoms with Crippen molar-refractivity contribution in [3.63, 3.8) is 0 Å². The van der Waals surface area contributed by atoms with Crippen LogP contribution in [0.5, 0.6) is 5.75 Å². The van der Waals surface area contributed by atoms with Gasteiger partial charge >= 0.3 is 5.97 Å². The summed E-state index contributed by atoms with van der Waals surface area (Å²) in [5.41, 5.74) is -0.230. The first-order valence-corrected chi connectivity index (χ1v) is 5.77. The average Bonchev–Trinajstić information content (AvgIpc) is 2.96. The first-order valence-electron chi connectivity index (χ1n) is 5.77. The maximum Gasteiger partial charge on any atom is 0.358 e. The topological polar surface area (TPSA) is 102 Å². The van der Waals surface area contributed by atoms with E-state index in [0.29, 0.717) is 5.76 Å². The molecule has 0 saturated carbocycles. The van der Waals surface area contributed by atoms with Gasteiger partial charge in [-0.1, -0.05) is 0 Å². The third-order valence-electron chi connectivity index (χ3n) is 2.37. The van der Waals surface area contributed by atoms with Crippen LogP contribution in [0.15, 0.2) is 41.1 Å². The quantitative estimate of drug-likeness (QED) is 0.818. The highest BCUT2D eigenvalue weighted by Gasteiger charge is 2.13. The molecule has 0 radical (unpaired) electrons. The van der Waals surface area contributed by atoms with Crippen molar-refractivity contribution in [3.05, 3.63) is 48.2 Å². The molecule has 0 aliphatic carbocycles. The Kier molecular flexibility index (Phi) is 4.33. The molecule has 0 unspecified atom stereocenters. The van der Waals surface area contributed by atoms with Crippen LogP contribution in [0.25, 0.3) is 0 Å². The molecule has 104 valence electrons. The molecule has 0 saturated heterocycles. The summed E-state index contributed by atoms with van der Waals surface area (Å²) in [5.74, 6) is -0.933. The van der Waals surface area contributed by atoms with Crippen LogP contribution in [0.3, 0.4) is 0 Å². The maximum absolute atomic E-state index is 11.5. The number of rotatable bonds is 6. The fourth-order valence-corrected chi connectivity index (χ4v) is 1.46. The van der Waals surface area contributed by atoms with E-state index in [2.05, 4.69) is 10.3 Å². The zero-order valence-corrected chi connectivity index (χ0v) is 10.4. The van der Waals surface area contributed by atoms with Crippen molar-refractivity contribution < 1.29 is 23.8 Å². The Balaban J connectivity index is 1.85. The number of hydrogen-bond donors (Lipinski definition) is 2. The smallest absolute Gasteiger partial charge is 0.358 e. The summed E-state index contributed by atoms with van der Waals surface area (Å²) < 4.78 is 10.2. The summed E-state index contributed by atoms with van der Waals surface area (Å²) in [6, 6.07) is 6.41. The van der Waals surface area contributed by atoms with Gasteiger partial charge in [-0.05, 0) is 24.3 Å². The molecule has 0 bridgehead atoms. The molecule has 2 aromatic heterocycles. The third kappa shape index (κ3) is 3.58. The van der Waals surface area contributed by atoms with Crippen LogP contribution in [-0.4, -0.2) is 28.6 Å². The Morgan fingerprint density at radius 3 is 2.90 bits per heavy atom. The molecule has 2 aromatic rings. The van der Waals surface area contributed by atoms with Crippen LogP contribution >= 0.6 is 0 Å². The van der Waals surface area contributed by atoms with Gasteiger partial charge in [-0.25, -0.2) is 9.78 Å². The van der Waals surface area contributed by atoms with Crippen molar-refractivity contribution in [1.82, 2.24) is 10.3 Å². The number of hydrogen-bond acceptors (Lipinski definition) is 5. The van der Waals surface area contributed by atoms with Gasteiger partial charge in [-0.3, -0.25) is 4.79 Å². The zero-order valence-electron chi connectivity index (χ0n) is 10.4. The highest BCUT2D eigenvalue weighted by Crippen LogP contribution is 2.14. The van der Waals surface area contributed by atoms with Crippen molar-refractivity contribution in [2.24, 2.45) is 0 Å². The van der Waals surface area contributed by atoms with Gasteiger partial charge in [0.15, 0.2) is 18.1 Å². The van der Waals surface area contributed by atoms with Gasteiger partial charge in [-0.15, -0.1) is 0 Å². The minimum atomic E-state index is -1.21. The number of amides is 1. The highest BCUT2D eigenvalue weighted by atomic mass is 16.5. The zero-order chi connectivity index (χ0) is 14.4. The number of furan rings is 1. The Labute approximate surface area is 114 Å². The molecule has 7 heteroatoms. The summed E-state index contributed by atoms with van der Waals surface area (Å²) >= 11 is 0. The lowest BCUT2D eigenvalue weighted by Gasteiger charge is -2.08. The number of carboxylic acids is 1. The lowest BCUT2D eigenvalue weighted by molar-refractivity contribution is -0.123. The monoisotopic (exact) mass is 276 g/mol. The number of aromatic nitrogens is 1. The SMILES string of the molecule is O=C(COc1cccnc1C(=O)O)NCc1ccco1. The van der Waals surface area contributed by atoms with Gasteiger partial charge in [0.05, 0.1) is 12.8 Å². The molecule has 0 aromatic carbocycles. The normalized spacial score (nSPS) is 10.0. The van der Waals surface area contributed by atoms with E-state index in [1.807, 2.05) is 0 Å². The van der Waals surface area contributed by atoms with Crippen LogP contribution in [0.2, 0.25) is 0 Å². The molecule has 2 heterocycles. The van der Waals surface area contributed by atoms with Crippen molar-refractivity contribution in [2.75, 3.05) is 6.61 Å². The molecular weight excluding hydrogens is 264 g/mol. The van der Waals surface area contributed by atoms with Crippen LogP contribution in [0.4, 0.5) is 0 Å². The third-order valence-corrected chi connectivity index (χ3v) is 2.37. The summed E-state index contributed by atoms with van der Waals surface area (Å²) in [6.45, 7) is -0.0549. The largest absolute Gasteiger partial charge is 0.481 e. The number of ether oxygens (including phenoxy) is 1. The van der Waals surface area contributed by atoms with Gasteiger partial charge in [0.2, 0.25) is 0 Å². The molecule has 0 atom stereocenters. The summed E-state index contributed by atoms with van der Waals surface area (Å²) in [4.78, 5) is 26.1. The maximum atomic E-state index is 11.5. The van der Waals surface area contributed by atoms with E-state index < -0.39 is 5.97 Å². The highest BCUT2D eigenvalue weighted by molar-refractivity contribution is 5.88. The van der Waals surface area contributed by atoms with Crippen LogP contribution in [0, 0.1) is 0 Å².